The van der Waals surface area contributed by atoms with E-state index in [4.69, 9.17) is 5.73 Å². The van der Waals surface area contributed by atoms with Gasteiger partial charge in [-0.05, 0) is 18.9 Å². The van der Waals surface area contributed by atoms with Gasteiger partial charge in [-0.1, -0.05) is 18.2 Å². The molecule has 0 unspecified atom stereocenters. The molecule has 1 aliphatic carbocycles. The van der Waals surface area contributed by atoms with Crippen LogP contribution < -0.4 is 5.73 Å². The highest BCUT2D eigenvalue weighted by Crippen LogP contribution is 2.42. The maximum atomic E-state index is 12.9. The maximum absolute atomic E-state index is 12.9. The number of aromatic nitrogens is 2. The van der Waals surface area contributed by atoms with Crippen LogP contribution in [0.5, 0.6) is 0 Å². The van der Waals surface area contributed by atoms with Crippen molar-refractivity contribution in [1.82, 2.24) is 9.97 Å². The number of nitrogens with zero attached hydrogens (tertiary/aromatic N) is 1. The lowest BCUT2D eigenvalue weighted by Crippen LogP contribution is -2.20. The molecule has 0 amide bonds. The van der Waals surface area contributed by atoms with Gasteiger partial charge in [0.1, 0.15) is 5.82 Å². The molecule has 0 aliphatic heterocycles. The third-order valence-electron chi connectivity index (χ3n) is 3.36. The lowest BCUT2D eigenvalue weighted by molar-refractivity contribution is -0.137. The van der Waals surface area contributed by atoms with Crippen molar-refractivity contribution in [3.05, 3.63) is 41.9 Å². The summed E-state index contributed by atoms with van der Waals surface area (Å²) < 4.78 is 38.8. The first kappa shape index (κ1) is 12.2. The molecule has 1 fully saturated rings. The molecule has 3 rings (SSSR count). The molecule has 0 atom stereocenters. The Kier molecular flexibility index (Phi) is 2.47. The summed E-state index contributed by atoms with van der Waals surface area (Å²) in [4.78, 5) is 7.01. The van der Waals surface area contributed by atoms with E-state index in [0.29, 0.717) is 11.5 Å². The predicted octanol–water partition coefficient (Wildman–Crippen LogP) is 3.04. The van der Waals surface area contributed by atoms with E-state index in [1.54, 1.807) is 6.07 Å². The quantitative estimate of drug-likeness (QED) is 0.878. The second-order valence-corrected chi connectivity index (χ2v) is 4.84. The zero-order valence-electron chi connectivity index (χ0n) is 9.96. The molecule has 3 N–H and O–H groups in total. The van der Waals surface area contributed by atoms with Crippen LogP contribution in [0.25, 0.3) is 11.3 Å². The molecule has 1 aliphatic rings. The average molecular weight is 267 g/mol. The smallest absolute Gasteiger partial charge is 0.340 e. The van der Waals surface area contributed by atoms with E-state index < -0.39 is 17.3 Å². The summed E-state index contributed by atoms with van der Waals surface area (Å²) in [5.74, 6) is 0.555. The Balaban J connectivity index is 2.05. The molecular weight excluding hydrogens is 255 g/mol. The molecular formula is C13H12F3N3. The molecule has 0 saturated heterocycles. The van der Waals surface area contributed by atoms with E-state index >= 15 is 0 Å². The fourth-order valence-electron chi connectivity index (χ4n) is 2.05. The van der Waals surface area contributed by atoms with Crippen molar-refractivity contribution in [1.29, 1.82) is 0 Å². The van der Waals surface area contributed by atoms with Crippen molar-refractivity contribution in [3.63, 3.8) is 0 Å². The molecule has 19 heavy (non-hydrogen) atoms. The first-order chi connectivity index (χ1) is 8.90. The summed E-state index contributed by atoms with van der Waals surface area (Å²) in [6, 6.07) is 5.43. The van der Waals surface area contributed by atoms with Crippen molar-refractivity contribution in [3.8, 4) is 11.3 Å². The number of nitrogens with one attached hydrogen (secondary N) is 1. The van der Waals surface area contributed by atoms with Crippen LogP contribution in [0.15, 0.2) is 30.5 Å². The molecule has 0 radical (unpaired) electrons. The van der Waals surface area contributed by atoms with Gasteiger partial charge in [-0.25, -0.2) is 4.98 Å². The van der Waals surface area contributed by atoms with Crippen molar-refractivity contribution < 1.29 is 13.2 Å². The molecule has 0 bridgehead atoms. The van der Waals surface area contributed by atoms with Gasteiger partial charge >= 0.3 is 6.18 Å². The molecule has 100 valence electrons. The SMILES string of the molecule is NC1(c2ncc(-c3ccccc3C(F)(F)F)[nH]2)CC1. The largest absolute Gasteiger partial charge is 0.417 e. The topological polar surface area (TPSA) is 54.7 Å². The van der Waals surface area contributed by atoms with Crippen molar-refractivity contribution in [2.45, 2.75) is 24.6 Å². The zero-order chi connectivity index (χ0) is 13.7. The van der Waals surface area contributed by atoms with Crippen molar-refractivity contribution in [2.24, 2.45) is 5.73 Å². The molecule has 1 saturated carbocycles. The van der Waals surface area contributed by atoms with E-state index in [2.05, 4.69) is 9.97 Å². The van der Waals surface area contributed by atoms with Crippen LogP contribution >= 0.6 is 0 Å². The number of rotatable bonds is 2. The number of imidazole rings is 1. The van der Waals surface area contributed by atoms with Gasteiger partial charge in [-0.15, -0.1) is 0 Å². The molecule has 1 heterocycles. The zero-order valence-corrected chi connectivity index (χ0v) is 9.96. The summed E-state index contributed by atoms with van der Waals surface area (Å²) in [7, 11) is 0. The van der Waals surface area contributed by atoms with Crippen molar-refractivity contribution >= 4 is 0 Å². The standard InChI is InChI=1S/C13H12F3N3/c14-13(15,16)9-4-2-1-3-8(9)10-7-18-11(19-10)12(17)5-6-12/h1-4,7H,5-6,17H2,(H,18,19). The summed E-state index contributed by atoms with van der Waals surface area (Å²) in [5, 5.41) is 0. The Bertz CT molecular complexity index is 612. The lowest BCUT2D eigenvalue weighted by Gasteiger charge is -2.11. The normalized spacial score (nSPS) is 17.5. The second-order valence-electron chi connectivity index (χ2n) is 4.84. The van der Waals surface area contributed by atoms with Crippen LogP contribution in [-0.4, -0.2) is 9.97 Å². The summed E-state index contributed by atoms with van der Waals surface area (Å²) in [6.45, 7) is 0. The highest BCUT2D eigenvalue weighted by Gasteiger charge is 2.43. The minimum absolute atomic E-state index is 0.0954. The van der Waals surface area contributed by atoms with Crippen LogP contribution in [-0.2, 0) is 11.7 Å². The summed E-state index contributed by atoms with van der Waals surface area (Å²) in [6.07, 6.45) is -1.36. The number of alkyl halides is 3. The average Bonchev–Trinajstić information content (AvgIpc) is 2.93. The number of hydrogen-bond acceptors (Lipinski definition) is 2. The molecule has 1 aromatic carbocycles. The third kappa shape index (κ3) is 2.12. The van der Waals surface area contributed by atoms with Gasteiger partial charge in [0.25, 0.3) is 0 Å². The van der Waals surface area contributed by atoms with Gasteiger partial charge in [-0.2, -0.15) is 13.2 Å². The van der Waals surface area contributed by atoms with Crippen LogP contribution in [0.3, 0.4) is 0 Å². The molecule has 1 aromatic heterocycles. The van der Waals surface area contributed by atoms with E-state index in [1.807, 2.05) is 0 Å². The minimum atomic E-state index is -4.39. The minimum Gasteiger partial charge on any atom is -0.340 e. The fraction of sp³-hybridized carbons (Fsp3) is 0.308. The Morgan fingerprint density at radius 3 is 2.53 bits per heavy atom. The van der Waals surface area contributed by atoms with Gasteiger partial charge in [0.15, 0.2) is 0 Å². The number of halogens is 3. The molecule has 3 nitrogen and oxygen atoms in total. The maximum Gasteiger partial charge on any atom is 0.417 e. The Morgan fingerprint density at radius 1 is 1.21 bits per heavy atom. The van der Waals surface area contributed by atoms with E-state index in [9.17, 15) is 13.2 Å². The van der Waals surface area contributed by atoms with E-state index in [0.717, 1.165) is 18.9 Å². The lowest BCUT2D eigenvalue weighted by atomic mass is 10.0. The van der Waals surface area contributed by atoms with Gasteiger partial charge in [0.05, 0.1) is 23.0 Å². The molecule has 2 aromatic rings. The van der Waals surface area contributed by atoms with Gasteiger partial charge in [0.2, 0.25) is 0 Å². The first-order valence-electron chi connectivity index (χ1n) is 5.91. The highest BCUT2D eigenvalue weighted by atomic mass is 19.4. The van der Waals surface area contributed by atoms with Crippen molar-refractivity contribution in [2.75, 3.05) is 0 Å². The predicted molar refractivity (Wildman–Crippen MR) is 64.1 cm³/mol. The van der Waals surface area contributed by atoms with Crippen LogP contribution in [0.4, 0.5) is 13.2 Å². The number of H-pyrrole nitrogens is 1. The molecule has 6 heteroatoms. The number of benzene rings is 1. The monoisotopic (exact) mass is 267 g/mol. The number of aromatic amines is 1. The third-order valence-corrected chi connectivity index (χ3v) is 3.36. The van der Waals surface area contributed by atoms with Crippen LogP contribution in [0.1, 0.15) is 24.2 Å². The summed E-state index contributed by atoms with van der Waals surface area (Å²) >= 11 is 0. The second kappa shape index (κ2) is 3.84. The Morgan fingerprint density at radius 2 is 1.89 bits per heavy atom. The Hall–Kier alpha value is -1.82. The van der Waals surface area contributed by atoms with Gasteiger partial charge in [0, 0.05) is 5.56 Å². The summed E-state index contributed by atoms with van der Waals surface area (Å²) in [5.41, 5.74) is 5.25. The van der Waals surface area contributed by atoms with Gasteiger partial charge in [-0.3, -0.25) is 0 Å². The fourth-order valence-corrected chi connectivity index (χ4v) is 2.05. The van der Waals surface area contributed by atoms with E-state index in [-0.39, 0.29) is 5.56 Å². The van der Waals surface area contributed by atoms with Crippen LogP contribution in [0.2, 0.25) is 0 Å². The first-order valence-corrected chi connectivity index (χ1v) is 5.91. The van der Waals surface area contributed by atoms with E-state index in [1.165, 1.54) is 18.3 Å². The van der Waals surface area contributed by atoms with Gasteiger partial charge < -0.3 is 10.7 Å². The molecule has 0 spiro atoms. The number of hydrogen-bond donors (Lipinski definition) is 2. The number of nitrogens with two attached hydrogens (primary N) is 1. The van der Waals surface area contributed by atoms with Crippen LogP contribution in [0, 0.1) is 0 Å². The Labute approximate surface area is 107 Å². The highest BCUT2D eigenvalue weighted by molar-refractivity contribution is 5.64.